The minimum absolute atomic E-state index is 0.173. The molecule has 5 rings (SSSR count). The van der Waals surface area contributed by atoms with E-state index in [1.807, 2.05) is 0 Å². The second-order valence-electron chi connectivity index (χ2n) is 8.07. The molecule has 0 saturated carbocycles. The summed E-state index contributed by atoms with van der Waals surface area (Å²) < 4.78 is 13.7. The summed E-state index contributed by atoms with van der Waals surface area (Å²) in [5, 5.41) is -0.325. The van der Waals surface area contributed by atoms with Crippen LogP contribution in [0.5, 0.6) is 0 Å². The lowest BCUT2D eigenvalue weighted by Gasteiger charge is -2.50. The summed E-state index contributed by atoms with van der Waals surface area (Å²) in [4.78, 5) is 42.6. The van der Waals surface area contributed by atoms with Gasteiger partial charge in [-0.1, -0.05) is 70.1 Å². The van der Waals surface area contributed by atoms with Crippen LogP contribution in [0.3, 0.4) is 0 Å². The van der Waals surface area contributed by atoms with E-state index in [1.165, 1.54) is 29.2 Å². The summed E-state index contributed by atoms with van der Waals surface area (Å²) in [6.07, 6.45) is 0. The van der Waals surface area contributed by atoms with Gasteiger partial charge in [0, 0.05) is 10.7 Å². The third kappa shape index (κ3) is 3.54. The molecule has 5 nitrogen and oxygen atoms in total. The number of hydrogen-bond acceptors (Lipinski definition) is 3. The summed E-state index contributed by atoms with van der Waals surface area (Å²) >= 11 is 30.8. The van der Waals surface area contributed by atoms with Crippen molar-refractivity contribution in [1.29, 1.82) is 0 Å². The molecule has 3 aromatic carbocycles. The highest BCUT2D eigenvalue weighted by Crippen LogP contribution is 2.49. The Hall–Kier alpha value is -2.35. The van der Waals surface area contributed by atoms with Gasteiger partial charge in [-0.05, 0) is 48.4 Å². The maximum atomic E-state index is 13.7. The Kier molecular flexibility index (Phi) is 6.01. The van der Waals surface area contributed by atoms with Crippen LogP contribution in [0, 0.1) is 12.7 Å². The number of benzene rings is 3. The van der Waals surface area contributed by atoms with Crippen molar-refractivity contribution in [2.75, 3.05) is 4.90 Å². The summed E-state index contributed by atoms with van der Waals surface area (Å²) in [6.45, 7) is 1.77. The smallest absolute Gasteiger partial charge is 0.264 e. The predicted molar refractivity (Wildman–Crippen MR) is 134 cm³/mol. The highest BCUT2D eigenvalue weighted by Gasteiger charge is 2.58. The number of halogens is 6. The molecule has 1 fully saturated rings. The number of hydrogen-bond donors (Lipinski definition) is 0. The largest absolute Gasteiger partial charge is 0.300 e. The number of carbonyl (C=O) groups excluding carboxylic acids is 3. The first kappa shape index (κ1) is 24.3. The van der Waals surface area contributed by atoms with Crippen molar-refractivity contribution in [3.8, 4) is 0 Å². The Labute approximate surface area is 223 Å². The third-order valence-corrected chi connectivity index (χ3v) is 8.15. The van der Waals surface area contributed by atoms with E-state index >= 15 is 0 Å². The molecule has 0 bridgehead atoms. The zero-order chi connectivity index (χ0) is 25.3. The Morgan fingerprint density at radius 2 is 1.26 bits per heavy atom. The van der Waals surface area contributed by atoms with Gasteiger partial charge in [-0.25, -0.2) is 4.39 Å². The number of rotatable bonds is 3. The second-order valence-corrected chi connectivity index (χ2v) is 10.0. The lowest BCUT2D eigenvalue weighted by Crippen LogP contribution is -2.67. The molecular formula is C24H12Cl5FN2O3. The summed E-state index contributed by atoms with van der Waals surface area (Å²) in [5.41, 5.74) is 1.30. The fraction of sp³-hybridized carbons (Fsp3) is 0.125. The molecule has 35 heavy (non-hydrogen) atoms. The SMILES string of the molecule is Cc1cc(Cl)ccc1N1C(=O)[C@@H](N2C(=O)c3c(Cl)c(Cl)c(Cl)c(Cl)c3C2=O)[C@H]1c1ccc(F)cc1. The highest BCUT2D eigenvalue weighted by atomic mass is 35.5. The van der Waals surface area contributed by atoms with Gasteiger partial charge < -0.3 is 4.90 Å². The van der Waals surface area contributed by atoms with Crippen molar-refractivity contribution in [2.24, 2.45) is 0 Å². The Morgan fingerprint density at radius 1 is 0.714 bits per heavy atom. The van der Waals surface area contributed by atoms with E-state index in [-0.39, 0.29) is 31.2 Å². The lowest BCUT2D eigenvalue weighted by atomic mass is 9.85. The maximum Gasteiger partial charge on any atom is 0.264 e. The van der Waals surface area contributed by atoms with E-state index in [1.54, 1.807) is 25.1 Å². The van der Waals surface area contributed by atoms with Crippen molar-refractivity contribution in [3.63, 3.8) is 0 Å². The van der Waals surface area contributed by atoms with Gasteiger partial charge in [-0.2, -0.15) is 0 Å². The number of fused-ring (bicyclic) bond motifs is 1. The van der Waals surface area contributed by atoms with Gasteiger partial charge in [0.05, 0.1) is 37.3 Å². The van der Waals surface area contributed by atoms with Gasteiger partial charge >= 0.3 is 0 Å². The van der Waals surface area contributed by atoms with Crippen LogP contribution in [0.25, 0.3) is 0 Å². The molecule has 0 unspecified atom stereocenters. The Morgan fingerprint density at radius 3 is 1.77 bits per heavy atom. The summed E-state index contributed by atoms with van der Waals surface area (Å²) in [7, 11) is 0. The van der Waals surface area contributed by atoms with Crippen LogP contribution in [0.1, 0.15) is 37.9 Å². The molecule has 2 heterocycles. The monoisotopic (exact) mass is 570 g/mol. The van der Waals surface area contributed by atoms with E-state index in [4.69, 9.17) is 58.0 Å². The van der Waals surface area contributed by atoms with Crippen LogP contribution >= 0.6 is 58.0 Å². The number of aryl methyl sites for hydroxylation is 1. The predicted octanol–water partition coefficient (Wildman–Crippen LogP) is 7.15. The van der Waals surface area contributed by atoms with Crippen molar-refractivity contribution in [2.45, 2.75) is 19.0 Å². The molecule has 178 valence electrons. The van der Waals surface area contributed by atoms with Gasteiger partial charge in [-0.15, -0.1) is 0 Å². The average Bonchev–Trinajstić information content (AvgIpc) is 3.07. The summed E-state index contributed by atoms with van der Waals surface area (Å²) in [6, 6.07) is 8.37. The molecule has 0 spiro atoms. The lowest BCUT2D eigenvalue weighted by molar-refractivity contribution is -0.130. The van der Waals surface area contributed by atoms with Crippen LogP contribution in [0.2, 0.25) is 25.1 Å². The van der Waals surface area contributed by atoms with Gasteiger partial charge in [0.2, 0.25) is 0 Å². The van der Waals surface area contributed by atoms with E-state index < -0.39 is 35.6 Å². The van der Waals surface area contributed by atoms with Crippen LogP contribution in [0.4, 0.5) is 10.1 Å². The molecule has 11 heteroatoms. The zero-order valence-electron chi connectivity index (χ0n) is 17.6. The van der Waals surface area contributed by atoms with E-state index in [9.17, 15) is 18.8 Å². The molecule has 0 radical (unpaired) electrons. The first-order chi connectivity index (χ1) is 16.5. The van der Waals surface area contributed by atoms with Crippen LogP contribution in [-0.4, -0.2) is 28.7 Å². The highest BCUT2D eigenvalue weighted by molar-refractivity contribution is 6.55. The molecule has 2 atom stereocenters. The van der Waals surface area contributed by atoms with E-state index in [0.29, 0.717) is 21.8 Å². The van der Waals surface area contributed by atoms with Crippen LogP contribution < -0.4 is 4.90 Å². The van der Waals surface area contributed by atoms with Crippen molar-refractivity contribution in [3.05, 3.63) is 95.6 Å². The molecule has 3 aromatic rings. The molecule has 3 amide bonds. The maximum absolute atomic E-state index is 13.7. The molecule has 0 aliphatic carbocycles. The molecule has 2 aliphatic rings. The topological polar surface area (TPSA) is 57.7 Å². The fourth-order valence-corrected chi connectivity index (χ4v) is 5.73. The van der Waals surface area contributed by atoms with Gasteiger partial charge in [0.1, 0.15) is 11.9 Å². The van der Waals surface area contributed by atoms with Gasteiger partial charge in [0.15, 0.2) is 0 Å². The normalized spacial score (nSPS) is 19.3. The fourth-order valence-electron chi connectivity index (χ4n) is 4.49. The van der Waals surface area contributed by atoms with E-state index in [0.717, 1.165) is 4.90 Å². The molecule has 2 aliphatic heterocycles. The first-order valence-corrected chi connectivity index (χ1v) is 12.0. The number of amides is 3. The van der Waals surface area contributed by atoms with Gasteiger partial charge in [0.25, 0.3) is 17.7 Å². The quantitative estimate of drug-likeness (QED) is 0.145. The minimum atomic E-state index is -1.24. The number of anilines is 1. The number of nitrogens with zero attached hydrogens (tertiary/aromatic N) is 2. The Bertz CT molecular complexity index is 1410. The van der Waals surface area contributed by atoms with Crippen molar-refractivity contribution >= 4 is 81.4 Å². The van der Waals surface area contributed by atoms with Crippen LogP contribution in [-0.2, 0) is 4.79 Å². The number of imide groups is 1. The number of carbonyl (C=O) groups is 3. The van der Waals surface area contributed by atoms with Crippen molar-refractivity contribution < 1.29 is 18.8 Å². The molecule has 0 N–H and O–H groups in total. The third-order valence-electron chi connectivity index (χ3n) is 6.11. The molecule has 1 saturated heterocycles. The minimum Gasteiger partial charge on any atom is -0.300 e. The zero-order valence-corrected chi connectivity index (χ0v) is 21.4. The average molecular weight is 573 g/mol. The summed E-state index contributed by atoms with van der Waals surface area (Å²) in [5.74, 6) is -2.65. The molecular weight excluding hydrogens is 561 g/mol. The first-order valence-electron chi connectivity index (χ1n) is 10.1. The molecule has 0 aromatic heterocycles. The number of β-lactam (4-membered cyclic amide) rings is 1. The second kappa shape index (κ2) is 8.64. The van der Waals surface area contributed by atoms with Crippen molar-refractivity contribution in [1.82, 2.24) is 4.90 Å². The van der Waals surface area contributed by atoms with Gasteiger partial charge in [-0.3, -0.25) is 19.3 Å². The van der Waals surface area contributed by atoms with Crippen LogP contribution in [0.15, 0.2) is 42.5 Å². The van der Waals surface area contributed by atoms with E-state index in [2.05, 4.69) is 0 Å². The Balaban J connectivity index is 1.65. The standard InChI is InChI=1S/C24H12Cl5FN2O3/c1-9-8-11(25)4-7-13(9)31-20(10-2-5-12(30)6-3-10)21(24(31)35)32-22(33)14-15(23(32)34)17(27)19(29)18(28)16(14)26/h2-8,20-21H,1H3/t20-,21+/m1/s1.